The molecule has 248 valence electrons. The summed E-state index contributed by atoms with van der Waals surface area (Å²) in [6.07, 6.45) is 8.24. The van der Waals surface area contributed by atoms with E-state index in [2.05, 4.69) is 133 Å². The molecule has 0 radical (unpaired) electrons. The summed E-state index contributed by atoms with van der Waals surface area (Å²) in [4.78, 5) is 7.69. The monoisotopic (exact) mass is 647 g/mol. The molecular formula is C41H53N3O2Si. The summed E-state index contributed by atoms with van der Waals surface area (Å²) >= 11 is 0. The summed E-state index contributed by atoms with van der Waals surface area (Å²) in [6, 6.07) is 33.1. The molecule has 4 aromatic rings. The lowest BCUT2D eigenvalue weighted by molar-refractivity contribution is -0.0574. The molecule has 2 bridgehead atoms. The average Bonchev–Trinajstić information content (AvgIpc) is 3.45. The van der Waals surface area contributed by atoms with Crippen LogP contribution in [0.1, 0.15) is 43.5 Å². The summed E-state index contributed by atoms with van der Waals surface area (Å²) < 4.78 is 8.69. The summed E-state index contributed by atoms with van der Waals surface area (Å²) in [5.41, 5.74) is 6.61. The van der Waals surface area contributed by atoms with Crippen LogP contribution in [0.2, 0.25) is 25.7 Å². The van der Waals surface area contributed by atoms with Gasteiger partial charge in [0.1, 0.15) is 12.6 Å². The van der Waals surface area contributed by atoms with Gasteiger partial charge >= 0.3 is 0 Å². The van der Waals surface area contributed by atoms with Crippen molar-refractivity contribution in [3.8, 4) is 22.5 Å². The zero-order chi connectivity index (χ0) is 32.9. The fourth-order valence-electron chi connectivity index (χ4n) is 7.49. The second-order valence-electron chi connectivity index (χ2n) is 15.1. The fourth-order valence-corrected chi connectivity index (χ4v) is 8.25. The van der Waals surface area contributed by atoms with Crippen LogP contribution in [0.5, 0.6) is 0 Å². The van der Waals surface area contributed by atoms with Crippen LogP contribution in [0.3, 0.4) is 0 Å². The molecule has 1 saturated carbocycles. The number of ether oxygens (including phenoxy) is 1. The van der Waals surface area contributed by atoms with Crippen molar-refractivity contribution in [2.75, 3.05) is 26.7 Å². The van der Waals surface area contributed by atoms with E-state index >= 15 is 0 Å². The molecule has 1 fully saturated rings. The highest BCUT2D eigenvalue weighted by molar-refractivity contribution is 6.76. The van der Waals surface area contributed by atoms with Crippen molar-refractivity contribution < 1.29 is 9.84 Å². The fraction of sp³-hybridized carbons (Fsp3) is 0.439. The zero-order valence-electron chi connectivity index (χ0n) is 28.9. The molecule has 3 aromatic carbocycles. The lowest BCUT2D eigenvalue weighted by Crippen LogP contribution is -2.48. The number of benzene rings is 3. The zero-order valence-corrected chi connectivity index (χ0v) is 29.9. The Morgan fingerprint density at radius 3 is 2.13 bits per heavy atom. The number of aryl methyl sites for hydroxylation is 1. The number of rotatable bonds is 15. The molecule has 6 heteroatoms. The number of allylic oxidation sites excluding steroid dienone is 1. The second-order valence-corrected chi connectivity index (χ2v) is 20.7. The van der Waals surface area contributed by atoms with Crippen LogP contribution in [0.25, 0.3) is 28.1 Å². The predicted octanol–water partition coefficient (Wildman–Crippen LogP) is 9.03. The first-order chi connectivity index (χ1) is 22.7. The van der Waals surface area contributed by atoms with Gasteiger partial charge in [-0.25, -0.2) is 4.98 Å². The highest BCUT2D eigenvalue weighted by Gasteiger charge is 2.46. The highest BCUT2D eigenvalue weighted by atomic mass is 28.3. The van der Waals surface area contributed by atoms with Crippen molar-refractivity contribution in [1.82, 2.24) is 14.5 Å². The van der Waals surface area contributed by atoms with E-state index in [9.17, 15) is 5.11 Å². The topological polar surface area (TPSA) is 50.5 Å². The summed E-state index contributed by atoms with van der Waals surface area (Å²) in [5.74, 6) is 1.78. The molecular weight excluding hydrogens is 595 g/mol. The third-order valence-electron chi connectivity index (χ3n) is 10.3. The summed E-state index contributed by atoms with van der Waals surface area (Å²) in [5, 5.41) is 11.8. The number of imidazole rings is 1. The molecule has 47 heavy (non-hydrogen) atoms. The van der Waals surface area contributed by atoms with Gasteiger partial charge in [-0.2, -0.15) is 0 Å². The Morgan fingerprint density at radius 2 is 1.51 bits per heavy atom. The first-order valence-corrected chi connectivity index (χ1v) is 21.4. The van der Waals surface area contributed by atoms with Gasteiger partial charge in [-0.05, 0) is 68.8 Å². The maximum atomic E-state index is 11.8. The van der Waals surface area contributed by atoms with E-state index in [4.69, 9.17) is 9.72 Å². The summed E-state index contributed by atoms with van der Waals surface area (Å²) in [6.45, 7) is 10.3. The Labute approximate surface area is 283 Å². The minimum absolute atomic E-state index is 0.248. The quantitative estimate of drug-likeness (QED) is 0.103. The van der Waals surface area contributed by atoms with Crippen LogP contribution in [-0.4, -0.2) is 60.0 Å². The largest absolute Gasteiger partial charge is 0.389 e. The van der Waals surface area contributed by atoms with E-state index < -0.39 is 13.7 Å². The van der Waals surface area contributed by atoms with Gasteiger partial charge < -0.3 is 19.3 Å². The van der Waals surface area contributed by atoms with Crippen molar-refractivity contribution in [1.29, 1.82) is 0 Å². The molecule has 1 aromatic heterocycles. The highest BCUT2D eigenvalue weighted by Crippen LogP contribution is 2.51. The minimum atomic E-state index is -1.19. The third kappa shape index (κ3) is 8.23. The number of fused-ring (bicyclic) bond motifs is 2. The molecule has 1 heterocycles. The standard InChI is InChI=1S/C41H53N3O2Si/c1-43(26-24-41(45)30-35-22-23-36(41)29-37(35)32-15-8-5-9-16-32)25-14-21-38-42-39(33-17-10-6-11-18-33)40(34-19-12-7-13-20-34)44(38)31-46-27-28-47(2,3)4/h5-13,15-20,29,35-36,45H,14,21-28,30-31H2,1-4H3/t35-,36-,41+/m1/s1. The number of aliphatic hydroxyl groups is 1. The summed E-state index contributed by atoms with van der Waals surface area (Å²) in [7, 11) is 1.01. The Morgan fingerprint density at radius 1 is 0.872 bits per heavy atom. The Hall–Kier alpha value is -3.29. The van der Waals surface area contributed by atoms with E-state index in [1.807, 2.05) is 0 Å². The molecule has 0 aliphatic heterocycles. The number of hydrogen-bond acceptors (Lipinski definition) is 4. The van der Waals surface area contributed by atoms with Gasteiger partial charge in [-0.1, -0.05) is 117 Å². The van der Waals surface area contributed by atoms with Crippen LogP contribution in [0, 0.1) is 11.8 Å². The maximum absolute atomic E-state index is 11.8. The van der Waals surface area contributed by atoms with E-state index in [-0.39, 0.29) is 5.92 Å². The van der Waals surface area contributed by atoms with E-state index in [1.54, 1.807) is 0 Å². The van der Waals surface area contributed by atoms with Crippen LogP contribution in [-0.2, 0) is 17.9 Å². The van der Waals surface area contributed by atoms with E-state index in [0.717, 1.165) is 86.2 Å². The number of hydrogen-bond donors (Lipinski definition) is 1. The first kappa shape index (κ1) is 33.6. The lowest BCUT2D eigenvalue weighted by atomic mass is 9.61. The van der Waals surface area contributed by atoms with Crippen LogP contribution in [0.4, 0.5) is 0 Å². The Kier molecular flexibility index (Phi) is 10.6. The number of aromatic nitrogens is 2. The van der Waals surface area contributed by atoms with Gasteiger partial charge in [-0.3, -0.25) is 0 Å². The van der Waals surface area contributed by atoms with Crippen molar-refractivity contribution in [3.05, 3.63) is 108 Å². The lowest BCUT2D eigenvalue weighted by Gasteiger charge is -2.48. The number of nitrogens with zero attached hydrogens (tertiary/aromatic N) is 3. The van der Waals surface area contributed by atoms with Gasteiger partial charge in [-0.15, -0.1) is 0 Å². The van der Waals surface area contributed by atoms with Crippen LogP contribution in [0.15, 0.2) is 97.1 Å². The van der Waals surface area contributed by atoms with Gasteiger partial charge in [0.15, 0.2) is 0 Å². The minimum Gasteiger partial charge on any atom is -0.389 e. The molecule has 7 rings (SSSR count). The normalized spacial score (nSPS) is 20.9. The molecule has 3 atom stereocenters. The second kappa shape index (κ2) is 14.9. The third-order valence-corrected chi connectivity index (χ3v) is 12.0. The molecule has 1 N–H and O–H groups in total. The van der Waals surface area contributed by atoms with E-state index in [1.165, 1.54) is 17.6 Å². The van der Waals surface area contributed by atoms with Crippen molar-refractivity contribution in [2.24, 2.45) is 11.8 Å². The van der Waals surface area contributed by atoms with Crippen molar-refractivity contribution >= 4 is 13.6 Å². The van der Waals surface area contributed by atoms with Crippen LogP contribution >= 0.6 is 0 Å². The van der Waals surface area contributed by atoms with Gasteiger partial charge in [0.05, 0.1) is 17.0 Å². The smallest absolute Gasteiger partial charge is 0.124 e. The average molecular weight is 648 g/mol. The van der Waals surface area contributed by atoms with Crippen molar-refractivity contribution in [3.63, 3.8) is 0 Å². The SMILES string of the molecule is CN(CCCc1nc(-c2ccccc2)c(-c2ccccc2)n1COCC[Si](C)(C)C)CC[C@]1(O)C[C@H]2CC[C@@H]1C=C2c1ccccc1. The molecule has 3 aliphatic carbocycles. The molecule has 0 unspecified atom stereocenters. The molecule has 3 aliphatic rings. The van der Waals surface area contributed by atoms with E-state index in [0.29, 0.717) is 12.6 Å². The molecule has 0 amide bonds. The van der Waals surface area contributed by atoms with Gasteiger partial charge in [0, 0.05) is 44.7 Å². The Balaban J connectivity index is 1.13. The van der Waals surface area contributed by atoms with Gasteiger partial charge in [0.25, 0.3) is 0 Å². The van der Waals surface area contributed by atoms with Crippen molar-refractivity contribution in [2.45, 2.75) is 76.5 Å². The Bertz CT molecular complexity index is 1610. The predicted molar refractivity (Wildman–Crippen MR) is 198 cm³/mol. The first-order valence-electron chi connectivity index (χ1n) is 17.7. The molecule has 0 saturated heterocycles. The van der Waals surface area contributed by atoms with Crippen LogP contribution < -0.4 is 0 Å². The molecule has 5 nitrogen and oxygen atoms in total. The molecule has 0 spiro atoms. The maximum Gasteiger partial charge on any atom is 0.124 e. The van der Waals surface area contributed by atoms with Gasteiger partial charge in [0.2, 0.25) is 0 Å².